The molecule has 0 radical (unpaired) electrons. The molecule has 0 saturated heterocycles. The number of aromatic amines is 1. The van der Waals surface area contributed by atoms with Crippen LogP contribution < -0.4 is 5.32 Å². The molecular weight excluding hydrogens is 204 g/mol. The number of esters is 1. The van der Waals surface area contributed by atoms with Gasteiger partial charge in [-0.2, -0.15) is 0 Å². The lowest BCUT2D eigenvalue weighted by Gasteiger charge is -2.27. The molecule has 90 valence electrons. The van der Waals surface area contributed by atoms with Gasteiger partial charge < -0.3 is 15.0 Å². The first-order valence-corrected chi connectivity index (χ1v) is 5.50. The molecule has 0 spiro atoms. The second-order valence-corrected chi connectivity index (χ2v) is 4.18. The van der Waals surface area contributed by atoms with Gasteiger partial charge in [0.2, 0.25) is 0 Å². The summed E-state index contributed by atoms with van der Waals surface area (Å²) < 4.78 is 4.86. The van der Waals surface area contributed by atoms with Crippen molar-refractivity contribution in [3.05, 3.63) is 24.0 Å². The lowest BCUT2D eigenvalue weighted by Crippen LogP contribution is -2.35. The number of methoxy groups -OCH3 is 1. The molecule has 0 aliphatic rings. The van der Waals surface area contributed by atoms with Gasteiger partial charge in [0.05, 0.1) is 19.1 Å². The number of hydrogen-bond donors (Lipinski definition) is 2. The van der Waals surface area contributed by atoms with E-state index in [0.29, 0.717) is 0 Å². The Balaban J connectivity index is 2.95. The van der Waals surface area contributed by atoms with Crippen molar-refractivity contribution in [2.75, 3.05) is 14.2 Å². The topological polar surface area (TPSA) is 54.1 Å². The quantitative estimate of drug-likeness (QED) is 0.749. The van der Waals surface area contributed by atoms with Crippen molar-refractivity contribution in [2.24, 2.45) is 11.8 Å². The van der Waals surface area contributed by atoms with Crippen molar-refractivity contribution >= 4 is 5.97 Å². The molecule has 0 aromatic carbocycles. The third-order valence-corrected chi connectivity index (χ3v) is 2.82. The first-order valence-electron chi connectivity index (χ1n) is 5.50. The number of ether oxygens (including phenoxy) is 1. The summed E-state index contributed by atoms with van der Waals surface area (Å²) in [7, 11) is 3.28. The fourth-order valence-electron chi connectivity index (χ4n) is 2.00. The van der Waals surface area contributed by atoms with Gasteiger partial charge in [0.1, 0.15) is 0 Å². The average Bonchev–Trinajstić information content (AvgIpc) is 2.77. The Morgan fingerprint density at radius 3 is 2.56 bits per heavy atom. The Morgan fingerprint density at radius 1 is 1.50 bits per heavy atom. The van der Waals surface area contributed by atoms with Crippen LogP contribution in [0.4, 0.5) is 0 Å². The van der Waals surface area contributed by atoms with E-state index in [0.717, 1.165) is 5.69 Å². The third kappa shape index (κ3) is 2.64. The van der Waals surface area contributed by atoms with Gasteiger partial charge in [-0.3, -0.25) is 4.79 Å². The van der Waals surface area contributed by atoms with Gasteiger partial charge in [-0.1, -0.05) is 13.8 Å². The van der Waals surface area contributed by atoms with E-state index in [2.05, 4.69) is 10.3 Å². The highest BCUT2D eigenvalue weighted by Crippen LogP contribution is 2.27. The van der Waals surface area contributed by atoms with Crippen LogP contribution in [0.15, 0.2) is 18.3 Å². The normalized spacial score (nSPS) is 14.8. The maximum atomic E-state index is 11.8. The number of hydrogen-bond acceptors (Lipinski definition) is 3. The molecule has 2 unspecified atom stereocenters. The molecule has 1 aromatic rings. The van der Waals surface area contributed by atoms with Crippen LogP contribution in [0.5, 0.6) is 0 Å². The average molecular weight is 224 g/mol. The van der Waals surface area contributed by atoms with Crippen LogP contribution in [-0.2, 0) is 9.53 Å². The van der Waals surface area contributed by atoms with Crippen molar-refractivity contribution < 1.29 is 9.53 Å². The molecule has 1 rings (SSSR count). The molecule has 1 aromatic heterocycles. The summed E-state index contributed by atoms with van der Waals surface area (Å²) in [6.07, 6.45) is 1.86. The molecule has 0 fully saturated rings. The van der Waals surface area contributed by atoms with Crippen molar-refractivity contribution in [1.29, 1.82) is 0 Å². The van der Waals surface area contributed by atoms with Crippen LogP contribution in [0, 0.1) is 11.8 Å². The predicted octanol–water partition coefficient (Wildman–Crippen LogP) is 1.72. The zero-order valence-electron chi connectivity index (χ0n) is 10.3. The molecule has 0 aliphatic carbocycles. The van der Waals surface area contributed by atoms with Crippen LogP contribution in [0.2, 0.25) is 0 Å². The van der Waals surface area contributed by atoms with Gasteiger partial charge in [0.15, 0.2) is 0 Å². The summed E-state index contributed by atoms with van der Waals surface area (Å²) in [6, 6.07) is 3.86. The minimum Gasteiger partial charge on any atom is -0.469 e. The Morgan fingerprint density at radius 2 is 2.19 bits per heavy atom. The minimum atomic E-state index is -0.186. The molecular formula is C12H20N2O2. The fraction of sp³-hybridized carbons (Fsp3) is 0.583. The molecule has 0 saturated carbocycles. The van der Waals surface area contributed by atoms with E-state index < -0.39 is 0 Å². The fourth-order valence-corrected chi connectivity index (χ4v) is 2.00. The molecule has 4 nitrogen and oxygen atoms in total. The predicted molar refractivity (Wildman–Crippen MR) is 62.9 cm³/mol. The molecule has 2 atom stereocenters. The van der Waals surface area contributed by atoms with Gasteiger partial charge in [-0.25, -0.2) is 0 Å². The Kier molecular flexibility index (Phi) is 4.55. The van der Waals surface area contributed by atoms with E-state index in [1.165, 1.54) is 7.11 Å². The standard InChI is InChI=1S/C12H20N2O2/c1-8(2)10(12(15)16-4)11(13-3)9-6-5-7-14-9/h5-8,10-11,13-14H,1-4H3. The number of nitrogens with one attached hydrogen (secondary N) is 2. The summed E-state index contributed by atoms with van der Waals surface area (Å²) in [6.45, 7) is 4.05. The van der Waals surface area contributed by atoms with E-state index in [9.17, 15) is 4.79 Å². The van der Waals surface area contributed by atoms with E-state index in [1.807, 2.05) is 39.2 Å². The van der Waals surface area contributed by atoms with Crippen LogP contribution in [0.3, 0.4) is 0 Å². The van der Waals surface area contributed by atoms with Gasteiger partial charge in [-0.05, 0) is 25.1 Å². The summed E-state index contributed by atoms with van der Waals surface area (Å²) >= 11 is 0. The first-order chi connectivity index (χ1) is 7.61. The molecule has 0 amide bonds. The monoisotopic (exact) mass is 224 g/mol. The zero-order chi connectivity index (χ0) is 12.1. The molecule has 0 aliphatic heterocycles. The lowest BCUT2D eigenvalue weighted by atomic mass is 9.87. The smallest absolute Gasteiger partial charge is 0.310 e. The summed E-state index contributed by atoms with van der Waals surface area (Å²) in [5.41, 5.74) is 1.01. The van der Waals surface area contributed by atoms with Crippen LogP contribution in [0.1, 0.15) is 25.6 Å². The zero-order valence-corrected chi connectivity index (χ0v) is 10.3. The Labute approximate surface area is 96.4 Å². The summed E-state index contributed by atoms with van der Waals surface area (Å²) in [5, 5.41) is 3.17. The number of carbonyl (C=O) groups is 1. The van der Waals surface area contributed by atoms with Gasteiger partial charge >= 0.3 is 5.97 Å². The van der Waals surface area contributed by atoms with E-state index in [1.54, 1.807) is 0 Å². The first kappa shape index (κ1) is 12.8. The van der Waals surface area contributed by atoms with Crippen LogP contribution in [0.25, 0.3) is 0 Å². The lowest BCUT2D eigenvalue weighted by molar-refractivity contribution is -0.148. The highest BCUT2D eigenvalue weighted by Gasteiger charge is 2.32. The second-order valence-electron chi connectivity index (χ2n) is 4.18. The van der Waals surface area contributed by atoms with Crippen molar-refractivity contribution in [2.45, 2.75) is 19.9 Å². The molecule has 16 heavy (non-hydrogen) atoms. The molecule has 4 heteroatoms. The van der Waals surface area contributed by atoms with Crippen molar-refractivity contribution in [1.82, 2.24) is 10.3 Å². The van der Waals surface area contributed by atoms with Gasteiger partial charge in [0.25, 0.3) is 0 Å². The summed E-state index contributed by atoms with van der Waals surface area (Å²) in [5.74, 6) is -0.147. The number of rotatable bonds is 5. The summed E-state index contributed by atoms with van der Waals surface area (Å²) in [4.78, 5) is 14.9. The third-order valence-electron chi connectivity index (χ3n) is 2.82. The Bertz CT molecular complexity index is 320. The number of carbonyl (C=O) groups excluding carboxylic acids is 1. The molecule has 0 bridgehead atoms. The van der Waals surface area contributed by atoms with Crippen LogP contribution in [-0.4, -0.2) is 25.1 Å². The van der Waals surface area contributed by atoms with E-state index in [4.69, 9.17) is 4.74 Å². The highest BCUT2D eigenvalue weighted by molar-refractivity contribution is 5.73. The maximum absolute atomic E-state index is 11.8. The van der Waals surface area contributed by atoms with Crippen LogP contribution >= 0.6 is 0 Å². The minimum absolute atomic E-state index is 0.0394. The van der Waals surface area contributed by atoms with Crippen molar-refractivity contribution in [3.63, 3.8) is 0 Å². The van der Waals surface area contributed by atoms with Gasteiger partial charge in [0, 0.05) is 11.9 Å². The van der Waals surface area contributed by atoms with Gasteiger partial charge in [-0.15, -0.1) is 0 Å². The second kappa shape index (κ2) is 5.70. The molecule has 2 N–H and O–H groups in total. The SMILES string of the molecule is CNC(c1ccc[nH]1)C(C(=O)OC)C(C)C. The largest absolute Gasteiger partial charge is 0.469 e. The number of H-pyrrole nitrogens is 1. The molecule has 1 heterocycles. The van der Waals surface area contributed by atoms with E-state index in [-0.39, 0.29) is 23.8 Å². The Hall–Kier alpha value is -1.29. The highest BCUT2D eigenvalue weighted by atomic mass is 16.5. The van der Waals surface area contributed by atoms with E-state index >= 15 is 0 Å². The maximum Gasteiger partial charge on any atom is 0.310 e. The number of aromatic nitrogens is 1. The van der Waals surface area contributed by atoms with Crippen molar-refractivity contribution in [3.8, 4) is 0 Å².